The van der Waals surface area contributed by atoms with Crippen LogP contribution in [0.1, 0.15) is 28.8 Å². The average Bonchev–Trinajstić information content (AvgIpc) is 3.50. The van der Waals surface area contributed by atoms with Gasteiger partial charge >= 0.3 is 0 Å². The Hall–Kier alpha value is -2.69. The first-order valence-corrected chi connectivity index (χ1v) is 8.82. The maximum Gasteiger partial charge on any atom is 0.254 e. The van der Waals surface area contributed by atoms with Crippen molar-refractivity contribution < 1.29 is 14.3 Å². The lowest BCUT2D eigenvalue weighted by Crippen LogP contribution is -2.32. The second-order valence-corrected chi connectivity index (χ2v) is 6.79. The number of rotatable bonds is 7. The van der Waals surface area contributed by atoms with E-state index >= 15 is 0 Å². The molecule has 0 aromatic heterocycles. The van der Waals surface area contributed by atoms with E-state index in [9.17, 15) is 4.79 Å². The van der Waals surface area contributed by atoms with Crippen molar-refractivity contribution in [1.29, 1.82) is 0 Å². The highest BCUT2D eigenvalue weighted by Crippen LogP contribution is 2.33. The number of anilines is 1. The van der Waals surface area contributed by atoms with E-state index in [4.69, 9.17) is 9.47 Å². The molecule has 0 radical (unpaired) electrons. The van der Waals surface area contributed by atoms with Gasteiger partial charge in [0.25, 0.3) is 5.91 Å². The molecule has 1 aliphatic rings. The monoisotopic (exact) mass is 354 g/mol. The summed E-state index contributed by atoms with van der Waals surface area (Å²) in [6, 6.07) is 13.7. The molecular formula is C21H26N2O3. The van der Waals surface area contributed by atoms with E-state index in [0.717, 1.165) is 35.6 Å². The number of amides is 1. The standard InChI is InChI=1S/C21H26N2O3/c1-22(2)18-7-5-6-15(12-18)21(24)23(17-8-9-17)14-16-13-19(25-3)10-11-20(16)26-4/h5-7,10-13,17H,8-9,14H2,1-4H3. The Bertz CT molecular complexity index is 785. The fourth-order valence-corrected chi connectivity index (χ4v) is 3.02. The molecule has 1 aliphatic carbocycles. The molecule has 2 aromatic carbocycles. The largest absolute Gasteiger partial charge is 0.497 e. The van der Waals surface area contributed by atoms with Crippen molar-refractivity contribution in [3.8, 4) is 11.5 Å². The fraction of sp³-hybridized carbons (Fsp3) is 0.381. The van der Waals surface area contributed by atoms with E-state index in [-0.39, 0.29) is 5.91 Å². The van der Waals surface area contributed by atoms with Crippen LogP contribution in [0.3, 0.4) is 0 Å². The van der Waals surface area contributed by atoms with Crippen molar-refractivity contribution in [2.75, 3.05) is 33.2 Å². The number of carbonyl (C=O) groups excluding carboxylic acids is 1. The van der Waals surface area contributed by atoms with Gasteiger partial charge in [0.1, 0.15) is 11.5 Å². The second kappa shape index (κ2) is 7.68. The number of nitrogens with zero attached hydrogens (tertiary/aromatic N) is 2. The van der Waals surface area contributed by atoms with E-state index in [1.165, 1.54) is 0 Å². The van der Waals surface area contributed by atoms with Crippen LogP contribution in [-0.4, -0.2) is 45.2 Å². The minimum atomic E-state index is 0.0565. The Morgan fingerprint density at radius 2 is 1.85 bits per heavy atom. The first-order chi connectivity index (χ1) is 12.5. The third-order valence-electron chi connectivity index (χ3n) is 4.69. The molecule has 0 unspecified atom stereocenters. The summed E-state index contributed by atoms with van der Waals surface area (Å²) in [5, 5.41) is 0. The molecule has 1 amide bonds. The van der Waals surface area contributed by atoms with Crippen LogP contribution in [0, 0.1) is 0 Å². The van der Waals surface area contributed by atoms with E-state index in [0.29, 0.717) is 18.2 Å². The minimum absolute atomic E-state index is 0.0565. The van der Waals surface area contributed by atoms with Gasteiger partial charge in [0.05, 0.1) is 20.8 Å². The van der Waals surface area contributed by atoms with Gasteiger partial charge in [-0.3, -0.25) is 4.79 Å². The molecule has 0 saturated heterocycles. The van der Waals surface area contributed by atoms with Gasteiger partial charge in [-0.1, -0.05) is 6.07 Å². The molecule has 0 spiro atoms. The molecule has 138 valence electrons. The minimum Gasteiger partial charge on any atom is -0.497 e. The Kier molecular flexibility index (Phi) is 5.35. The number of benzene rings is 2. The number of carbonyl (C=O) groups is 1. The molecule has 3 rings (SSSR count). The zero-order valence-electron chi connectivity index (χ0n) is 15.9. The predicted molar refractivity (Wildman–Crippen MR) is 103 cm³/mol. The lowest BCUT2D eigenvalue weighted by atomic mass is 10.1. The van der Waals surface area contributed by atoms with Crippen molar-refractivity contribution in [2.45, 2.75) is 25.4 Å². The summed E-state index contributed by atoms with van der Waals surface area (Å²) in [4.78, 5) is 17.1. The number of methoxy groups -OCH3 is 2. The van der Waals surface area contributed by atoms with Gasteiger partial charge in [-0.25, -0.2) is 0 Å². The molecule has 1 saturated carbocycles. The van der Waals surface area contributed by atoms with Gasteiger partial charge < -0.3 is 19.3 Å². The van der Waals surface area contributed by atoms with Crippen LogP contribution < -0.4 is 14.4 Å². The van der Waals surface area contributed by atoms with Crippen molar-refractivity contribution in [3.63, 3.8) is 0 Å². The van der Waals surface area contributed by atoms with Crippen LogP contribution in [-0.2, 0) is 6.54 Å². The van der Waals surface area contributed by atoms with Crippen LogP contribution in [0.25, 0.3) is 0 Å². The third-order valence-corrected chi connectivity index (χ3v) is 4.69. The first-order valence-electron chi connectivity index (χ1n) is 8.82. The molecule has 1 fully saturated rings. The topological polar surface area (TPSA) is 42.0 Å². The highest BCUT2D eigenvalue weighted by atomic mass is 16.5. The number of hydrogen-bond donors (Lipinski definition) is 0. The van der Waals surface area contributed by atoms with E-state index in [1.54, 1.807) is 14.2 Å². The molecule has 2 aromatic rings. The normalized spacial score (nSPS) is 13.2. The highest BCUT2D eigenvalue weighted by Gasteiger charge is 2.33. The van der Waals surface area contributed by atoms with Crippen molar-refractivity contribution >= 4 is 11.6 Å². The molecular weight excluding hydrogens is 328 g/mol. The first kappa shape index (κ1) is 18.1. The lowest BCUT2D eigenvalue weighted by Gasteiger charge is -2.24. The van der Waals surface area contributed by atoms with Gasteiger partial charge in [-0.2, -0.15) is 0 Å². The Morgan fingerprint density at radius 1 is 1.08 bits per heavy atom. The van der Waals surface area contributed by atoms with Crippen molar-refractivity contribution in [2.24, 2.45) is 0 Å². The Morgan fingerprint density at radius 3 is 2.46 bits per heavy atom. The maximum absolute atomic E-state index is 13.2. The van der Waals surface area contributed by atoms with Crippen molar-refractivity contribution in [1.82, 2.24) is 4.90 Å². The quantitative estimate of drug-likeness (QED) is 0.762. The van der Waals surface area contributed by atoms with Crippen LogP contribution >= 0.6 is 0 Å². The summed E-state index contributed by atoms with van der Waals surface area (Å²) in [7, 11) is 7.24. The zero-order valence-corrected chi connectivity index (χ0v) is 15.9. The van der Waals surface area contributed by atoms with Crippen LogP contribution in [0.15, 0.2) is 42.5 Å². The highest BCUT2D eigenvalue weighted by molar-refractivity contribution is 5.95. The zero-order chi connectivity index (χ0) is 18.7. The summed E-state index contributed by atoms with van der Waals surface area (Å²) in [5.41, 5.74) is 2.69. The second-order valence-electron chi connectivity index (χ2n) is 6.79. The summed E-state index contributed by atoms with van der Waals surface area (Å²) in [6.07, 6.45) is 2.09. The summed E-state index contributed by atoms with van der Waals surface area (Å²) < 4.78 is 10.8. The lowest BCUT2D eigenvalue weighted by molar-refractivity contribution is 0.0728. The van der Waals surface area contributed by atoms with Crippen LogP contribution in [0.5, 0.6) is 11.5 Å². The molecule has 5 heteroatoms. The van der Waals surface area contributed by atoms with Crippen LogP contribution in [0.4, 0.5) is 5.69 Å². The number of ether oxygens (including phenoxy) is 2. The van der Waals surface area contributed by atoms with Crippen LogP contribution in [0.2, 0.25) is 0 Å². The van der Waals surface area contributed by atoms with Crippen molar-refractivity contribution in [3.05, 3.63) is 53.6 Å². The summed E-state index contributed by atoms with van der Waals surface area (Å²) in [6.45, 7) is 0.510. The van der Waals surface area contributed by atoms with Gasteiger partial charge in [0.2, 0.25) is 0 Å². The summed E-state index contributed by atoms with van der Waals surface area (Å²) in [5.74, 6) is 1.59. The molecule has 0 N–H and O–H groups in total. The SMILES string of the molecule is COc1ccc(OC)c(CN(C(=O)c2cccc(N(C)C)c2)C2CC2)c1. The van der Waals surface area contributed by atoms with Gasteiger partial charge in [-0.05, 0) is 49.2 Å². The molecule has 26 heavy (non-hydrogen) atoms. The van der Waals surface area contributed by atoms with Gasteiger partial charge in [0, 0.05) is 37.0 Å². The average molecular weight is 354 g/mol. The smallest absolute Gasteiger partial charge is 0.254 e. The molecule has 0 heterocycles. The summed E-state index contributed by atoms with van der Waals surface area (Å²) >= 11 is 0. The molecule has 0 atom stereocenters. The molecule has 0 aliphatic heterocycles. The Balaban J connectivity index is 1.88. The van der Waals surface area contributed by atoms with Gasteiger partial charge in [-0.15, -0.1) is 0 Å². The number of hydrogen-bond acceptors (Lipinski definition) is 4. The molecule has 0 bridgehead atoms. The fourth-order valence-electron chi connectivity index (χ4n) is 3.02. The predicted octanol–water partition coefficient (Wildman–Crippen LogP) is 3.57. The van der Waals surface area contributed by atoms with E-state index < -0.39 is 0 Å². The van der Waals surface area contributed by atoms with E-state index in [2.05, 4.69) is 0 Å². The van der Waals surface area contributed by atoms with E-state index in [1.807, 2.05) is 66.4 Å². The Labute approximate surface area is 155 Å². The third kappa shape index (κ3) is 3.93. The van der Waals surface area contributed by atoms with Gasteiger partial charge in [0.15, 0.2) is 0 Å². The maximum atomic E-state index is 13.2. The molecule has 5 nitrogen and oxygen atoms in total.